The van der Waals surface area contributed by atoms with Gasteiger partial charge in [0.05, 0.1) is 12.8 Å². The van der Waals surface area contributed by atoms with Crippen LogP contribution in [0.5, 0.6) is 0 Å². The number of esters is 1. The summed E-state index contributed by atoms with van der Waals surface area (Å²) in [6, 6.07) is 0.102. The molecule has 1 aliphatic heterocycles. The Bertz CT molecular complexity index is 1490. The number of hydrogen-bond acceptors (Lipinski definition) is 5. The number of carboxylic acid groups (broad SMARTS) is 1. The van der Waals surface area contributed by atoms with Gasteiger partial charge < -0.3 is 20.1 Å². The minimum Gasteiger partial charge on any atom is -0.481 e. The van der Waals surface area contributed by atoms with Crippen LogP contribution in [-0.4, -0.2) is 59.0 Å². The number of fused-ring (bicyclic) bond motifs is 7. The lowest BCUT2D eigenvalue weighted by atomic mass is 9.32. The molecule has 1 heterocycles. The minimum atomic E-state index is -0.888. The molecule has 5 saturated carbocycles. The Morgan fingerprint density at radius 3 is 2.23 bits per heavy atom. The van der Waals surface area contributed by atoms with Crippen molar-refractivity contribution >= 4 is 23.8 Å². The highest BCUT2D eigenvalue weighted by atomic mass is 16.5. The van der Waals surface area contributed by atoms with E-state index in [9.17, 15) is 24.3 Å². The molecule has 0 spiro atoms. The van der Waals surface area contributed by atoms with Gasteiger partial charge in [0, 0.05) is 37.9 Å². The molecular weight excluding hydrogens is 665 g/mol. The molecular formula is C45H72N2O6. The number of likely N-dealkylation sites (tertiary alicyclic amines) is 1. The first-order valence-corrected chi connectivity index (χ1v) is 21.2. The van der Waals surface area contributed by atoms with E-state index in [1.165, 1.54) is 31.3 Å². The topological polar surface area (TPSA) is 113 Å². The minimum absolute atomic E-state index is 0.0132. The van der Waals surface area contributed by atoms with Gasteiger partial charge in [0.25, 0.3) is 0 Å². The van der Waals surface area contributed by atoms with Crippen molar-refractivity contribution < 1.29 is 29.0 Å². The Kier molecular flexibility index (Phi) is 10.6. The lowest BCUT2D eigenvalue weighted by Crippen LogP contribution is -2.67. The van der Waals surface area contributed by atoms with Crippen molar-refractivity contribution in [3.63, 3.8) is 0 Å². The zero-order valence-corrected chi connectivity index (χ0v) is 34.7. The second-order valence-electron chi connectivity index (χ2n) is 21.3. The number of nitrogens with one attached hydrogen (secondary N) is 1. The van der Waals surface area contributed by atoms with Gasteiger partial charge in [-0.1, -0.05) is 60.6 Å². The van der Waals surface area contributed by atoms with Crippen LogP contribution in [0.25, 0.3) is 0 Å². The highest BCUT2D eigenvalue weighted by molar-refractivity contribution is 5.78. The van der Waals surface area contributed by atoms with Gasteiger partial charge in [-0.2, -0.15) is 0 Å². The highest BCUT2D eigenvalue weighted by Gasteiger charge is 2.71. The fraction of sp³-hybridized carbons (Fsp3) is 0.867. The van der Waals surface area contributed by atoms with E-state index in [1.54, 1.807) is 6.92 Å². The average Bonchev–Trinajstić information content (AvgIpc) is 3.66. The summed E-state index contributed by atoms with van der Waals surface area (Å²) in [6.07, 6.45) is 13.6. The van der Waals surface area contributed by atoms with Crippen LogP contribution in [0.4, 0.5) is 0 Å². The van der Waals surface area contributed by atoms with Crippen molar-refractivity contribution in [2.45, 2.75) is 171 Å². The molecule has 6 fully saturated rings. The molecule has 0 bridgehead atoms. The largest absolute Gasteiger partial charge is 0.481 e. The monoisotopic (exact) mass is 737 g/mol. The average molecular weight is 737 g/mol. The number of allylic oxidation sites excluding steroid dienone is 1. The van der Waals surface area contributed by atoms with Gasteiger partial charge in [-0.3, -0.25) is 19.2 Å². The fourth-order valence-corrected chi connectivity index (χ4v) is 14.9. The van der Waals surface area contributed by atoms with Crippen LogP contribution in [0, 0.1) is 62.1 Å². The van der Waals surface area contributed by atoms with Crippen molar-refractivity contribution in [2.24, 2.45) is 62.1 Å². The van der Waals surface area contributed by atoms with Gasteiger partial charge in [-0.15, -0.1) is 0 Å². The van der Waals surface area contributed by atoms with Crippen LogP contribution in [0.15, 0.2) is 12.2 Å². The quantitative estimate of drug-likeness (QED) is 0.171. The number of amides is 2. The summed E-state index contributed by atoms with van der Waals surface area (Å²) >= 11 is 0. The predicted molar refractivity (Wildman–Crippen MR) is 208 cm³/mol. The lowest BCUT2D eigenvalue weighted by molar-refractivity contribution is -0.250. The number of rotatable bonds is 10. The summed E-state index contributed by atoms with van der Waals surface area (Å²) in [5.74, 6) is 1.61. The summed E-state index contributed by atoms with van der Waals surface area (Å²) in [5.41, 5.74) is 0.978. The zero-order valence-electron chi connectivity index (χ0n) is 34.7. The maximum absolute atomic E-state index is 14.3. The fourth-order valence-electron chi connectivity index (χ4n) is 14.9. The Hall–Kier alpha value is -2.38. The molecule has 0 aromatic rings. The van der Waals surface area contributed by atoms with E-state index < -0.39 is 11.4 Å². The maximum atomic E-state index is 14.3. The maximum Gasteiger partial charge on any atom is 0.306 e. The van der Waals surface area contributed by atoms with Crippen LogP contribution < -0.4 is 5.32 Å². The van der Waals surface area contributed by atoms with Crippen molar-refractivity contribution in [1.82, 2.24) is 10.2 Å². The molecule has 53 heavy (non-hydrogen) atoms. The Labute approximate surface area is 320 Å². The van der Waals surface area contributed by atoms with E-state index in [4.69, 9.17) is 4.74 Å². The number of aliphatic carboxylic acids is 1. The summed E-state index contributed by atoms with van der Waals surface area (Å²) < 4.78 is 6.29. The number of ether oxygens (including phenoxy) is 1. The lowest BCUT2D eigenvalue weighted by Gasteiger charge is -2.73. The van der Waals surface area contributed by atoms with Crippen LogP contribution in [0.3, 0.4) is 0 Å². The molecule has 0 radical (unpaired) electrons. The Morgan fingerprint density at radius 1 is 0.849 bits per heavy atom. The van der Waals surface area contributed by atoms with Gasteiger partial charge in [0.15, 0.2) is 0 Å². The summed E-state index contributed by atoms with van der Waals surface area (Å²) in [4.78, 5) is 52.8. The molecule has 0 aromatic heterocycles. The van der Waals surface area contributed by atoms with E-state index in [0.717, 1.165) is 57.9 Å². The van der Waals surface area contributed by atoms with Gasteiger partial charge in [0.1, 0.15) is 6.10 Å². The summed E-state index contributed by atoms with van der Waals surface area (Å²) in [7, 11) is 0. The molecule has 5 aliphatic carbocycles. The molecule has 6 aliphatic rings. The van der Waals surface area contributed by atoms with Gasteiger partial charge in [0.2, 0.25) is 11.8 Å². The first-order chi connectivity index (χ1) is 24.6. The van der Waals surface area contributed by atoms with Gasteiger partial charge in [-0.05, 0) is 141 Å². The van der Waals surface area contributed by atoms with Crippen molar-refractivity contribution in [3.8, 4) is 0 Å². The number of hydrogen-bond donors (Lipinski definition) is 2. The molecule has 2 amide bonds. The van der Waals surface area contributed by atoms with Gasteiger partial charge >= 0.3 is 11.9 Å². The zero-order chi connectivity index (χ0) is 38.9. The van der Waals surface area contributed by atoms with Crippen LogP contribution in [-0.2, 0) is 23.9 Å². The molecule has 0 aromatic carbocycles. The van der Waals surface area contributed by atoms with E-state index >= 15 is 0 Å². The molecule has 298 valence electrons. The first-order valence-electron chi connectivity index (χ1n) is 21.2. The number of nitrogens with zero attached hydrogens (tertiary/aromatic N) is 1. The summed E-state index contributed by atoms with van der Waals surface area (Å²) in [6.45, 7) is 25.9. The molecule has 11 atom stereocenters. The number of carbonyl (C=O) groups excluding carboxylic acids is 3. The smallest absolute Gasteiger partial charge is 0.306 e. The summed E-state index contributed by atoms with van der Waals surface area (Å²) in [5, 5.41) is 12.3. The second-order valence-corrected chi connectivity index (χ2v) is 21.3. The standard InChI is InChI=1S/C45H72N2O6/c1-28(2)31-15-20-45(24-36(49)47-23-11-12-30(47)27-46-29(3)48)22-21-43(9)32(39(31)45)13-14-34-42(8)18-17-35(41(6,7)33(42)16-19-44(34,43)10)53-38(52)26-40(4,5)25-37(50)51/h30-35,39H,1,11-27H2,2-10H3,(H,46,48)(H,50,51)/t30-,31-,32+,33-,34+,35-,39+,42-,43+,44+,45+/m0/s1. The van der Waals surface area contributed by atoms with E-state index in [0.29, 0.717) is 48.5 Å². The normalized spacial score (nSPS) is 41.7. The van der Waals surface area contributed by atoms with Gasteiger partial charge in [-0.25, -0.2) is 0 Å². The third-order valence-corrected chi connectivity index (χ3v) is 17.5. The van der Waals surface area contributed by atoms with Crippen molar-refractivity contribution in [1.29, 1.82) is 0 Å². The SMILES string of the molecule is C=C(C)[C@@H]1CC[C@]2(CC(=O)N3CCC[C@H]3CNC(C)=O)CC[C@]3(C)[C@H](CC[C@@H]4[C@@]5(C)CC[C@H](OC(=O)CC(C)(C)CC(=O)O)C(C)(C)[C@@H]5CC[C@]43C)[C@@H]12. The van der Waals surface area contributed by atoms with Crippen molar-refractivity contribution in [3.05, 3.63) is 12.2 Å². The number of carboxylic acids is 1. The van der Waals surface area contributed by atoms with Crippen LogP contribution in [0.1, 0.15) is 159 Å². The predicted octanol–water partition coefficient (Wildman–Crippen LogP) is 8.96. The highest BCUT2D eigenvalue weighted by Crippen LogP contribution is 2.78. The Balaban J connectivity index is 1.22. The third-order valence-electron chi connectivity index (χ3n) is 17.5. The van der Waals surface area contributed by atoms with E-state index in [1.807, 2.05) is 13.8 Å². The second kappa shape index (κ2) is 14.0. The first kappa shape index (κ1) is 40.3. The van der Waals surface area contributed by atoms with Crippen molar-refractivity contribution in [2.75, 3.05) is 13.1 Å². The molecule has 1 saturated heterocycles. The third kappa shape index (κ3) is 6.80. The number of carbonyl (C=O) groups is 4. The molecule has 2 N–H and O–H groups in total. The Morgan fingerprint density at radius 2 is 1.57 bits per heavy atom. The van der Waals surface area contributed by atoms with E-state index in [2.05, 4.69) is 58.3 Å². The molecule has 8 nitrogen and oxygen atoms in total. The molecule has 6 rings (SSSR count). The molecule has 8 heteroatoms. The molecule has 0 unspecified atom stereocenters. The van der Waals surface area contributed by atoms with E-state index in [-0.39, 0.29) is 63.9 Å². The van der Waals surface area contributed by atoms with Crippen LogP contribution in [0.2, 0.25) is 0 Å². The van der Waals surface area contributed by atoms with Crippen LogP contribution >= 0.6 is 0 Å².